The normalized spacial score (nSPS) is 21.4. The highest BCUT2D eigenvalue weighted by molar-refractivity contribution is 5.76. The van der Waals surface area contributed by atoms with Crippen molar-refractivity contribution in [3.8, 4) is 0 Å². The summed E-state index contributed by atoms with van der Waals surface area (Å²) >= 11 is 0. The van der Waals surface area contributed by atoms with E-state index in [0.717, 1.165) is 52.1 Å². The molecule has 2 aliphatic heterocycles. The number of hydrogen-bond donors (Lipinski definition) is 2. The molecule has 1 aromatic carbocycles. The smallest absolute Gasteiger partial charge is 0.220 e. The molecule has 156 valence electrons. The molecule has 2 aliphatic rings. The lowest BCUT2D eigenvalue weighted by Crippen LogP contribution is -2.37. The highest BCUT2D eigenvalue weighted by Crippen LogP contribution is 2.23. The summed E-state index contributed by atoms with van der Waals surface area (Å²) in [6.45, 7) is 6.19. The minimum absolute atomic E-state index is 0.233. The number of amides is 1. The van der Waals surface area contributed by atoms with Crippen molar-refractivity contribution in [1.82, 2.24) is 25.1 Å². The summed E-state index contributed by atoms with van der Waals surface area (Å²) in [5.41, 5.74) is 2.53. The first-order valence-corrected chi connectivity index (χ1v) is 11.0. The second-order valence-electron chi connectivity index (χ2n) is 8.61. The summed E-state index contributed by atoms with van der Waals surface area (Å²) in [5, 5.41) is 3.27. The number of carbonyl (C=O) groups is 1. The number of benzene rings is 1. The number of likely N-dealkylation sites (tertiary alicyclic amines) is 2. The van der Waals surface area contributed by atoms with Gasteiger partial charge in [-0.15, -0.1) is 0 Å². The largest absolute Gasteiger partial charge is 0.352 e. The van der Waals surface area contributed by atoms with Crippen LogP contribution in [0, 0.1) is 5.92 Å². The molecule has 0 aliphatic carbocycles. The van der Waals surface area contributed by atoms with Gasteiger partial charge in [0.1, 0.15) is 0 Å². The second kappa shape index (κ2) is 10.0. The Kier molecular flexibility index (Phi) is 6.96. The van der Waals surface area contributed by atoms with Gasteiger partial charge in [0, 0.05) is 50.5 Å². The molecule has 2 saturated heterocycles. The number of aromatic nitrogens is 2. The predicted molar refractivity (Wildman–Crippen MR) is 114 cm³/mol. The van der Waals surface area contributed by atoms with E-state index >= 15 is 0 Å². The molecule has 4 rings (SSSR count). The number of hydrogen-bond acceptors (Lipinski definition) is 4. The maximum Gasteiger partial charge on any atom is 0.220 e. The number of H-pyrrole nitrogens is 1. The van der Waals surface area contributed by atoms with Crippen LogP contribution in [0.15, 0.2) is 42.9 Å². The molecule has 2 aromatic rings. The van der Waals surface area contributed by atoms with E-state index < -0.39 is 0 Å². The molecule has 29 heavy (non-hydrogen) atoms. The van der Waals surface area contributed by atoms with Gasteiger partial charge >= 0.3 is 0 Å². The van der Waals surface area contributed by atoms with Gasteiger partial charge in [0.15, 0.2) is 0 Å². The monoisotopic (exact) mass is 395 g/mol. The summed E-state index contributed by atoms with van der Waals surface area (Å²) in [4.78, 5) is 24.6. The van der Waals surface area contributed by atoms with Gasteiger partial charge in [-0.2, -0.15) is 0 Å². The Morgan fingerprint density at radius 3 is 2.62 bits per heavy atom. The van der Waals surface area contributed by atoms with Gasteiger partial charge in [-0.25, -0.2) is 4.98 Å². The SMILES string of the molecule is O=C(CCC1CCN(Cc2cnc[nH]2)CC1)N[C@@H]1CCN(Cc2ccccc2)C1. The maximum atomic E-state index is 12.4. The molecule has 6 nitrogen and oxygen atoms in total. The van der Waals surface area contributed by atoms with Crippen LogP contribution in [0.4, 0.5) is 0 Å². The summed E-state index contributed by atoms with van der Waals surface area (Å²) in [5.74, 6) is 0.911. The minimum Gasteiger partial charge on any atom is -0.352 e. The average Bonchev–Trinajstić information content (AvgIpc) is 3.40. The molecule has 1 amide bonds. The molecule has 0 unspecified atom stereocenters. The zero-order valence-corrected chi connectivity index (χ0v) is 17.2. The average molecular weight is 396 g/mol. The van der Waals surface area contributed by atoms with E-state index in [2.05, 4.69) is 55.4 Å². The van der Waals surface area contributed by atoms with Gasteiger partial charge < -0.3 is 10.3 Å². The minimum atomic E-state index is 0.233. The Bertz CT molecular complexity index is 740. The van der Waals surface area contributed by atoms with E-state index in [1.807, 2.05) is 6.20 Å². The van der Waals surface area contributed by atoms with Crippen molar-refractivity contribution in [3.05, 3.63) is 54.1 Å². The van der Waals surface area contributed by atoms with Gasteiger partial charge in [0.2, 0.25) is 5.91 Å². The Labute approximate surface area is 173 Å². The topological polar surface area (TPSA) is 64.3 Å². The zero-order valence-electron chi connectivity index (χ0n) is 17.2. The first-order valence-electron chi connectivity index (χ1n) is 11.0. The number of carbonyl (C=O) groups excluding carboxylic acids is 1. The fourth-order valence-electron chi connectivity index (χ4n) is 4.62. The quantitative estimate of drug-likeness (QED) is 0.721. The van der Waals surface area contributed by atoms with E-state index in [9.17, 15) is 4.79 Å². The van der Waals surface area contributed by atoms with Crippen LogP contribution < -0.4 is 5.32 Å². The summed E-state index contributed by atoms with van der Waals surface area (Å²) < 4.78 is 0. The number of imidazole rings is 1. The van der Waals surface area contributed by atoms with E-state index in [-0.39, 0.29) is 5.91 Å². The molecule has 0 bridgehead atoms. The molecule has 1 aromatic heterocycles. The van der Waals surface area contributed by atoms with Crippen molar-refractivity contribution in [1.29, 1.82) is 0 Å². The van der Waals surface area contributed by atoms with E-state index in [1.54, 1.807) is 6.33 Å². The standard InChI is InChI=1S/C23H33N5O/c29-23(26-21-10-13-28(16-21)15-20-4-2-1-3-5-20)7-6-19-8-11-27(12-9-19)17-22-14-24-18-25-22/h1-5,14,18-19,21H,6-13,15-17H2,(H,24,25)(H,26,29)/t21-/m1/s1. The Hall–Kier alpha value is -2.18. The van der Waals surface area contributed by atoms with Gasteiger partial charge in [-0.3, -0.25) is 14.6 Å². The molecule has 3 heterocycles. The third-order valence-corrected chi connectivity index (χ3v) is 6.32. The highest BCUT2D eigenvalue weighted by Gasteiger charge is 2.25. The highest BCUT2D eigenvalue weighted by atomic mass is 16.1. The molecule has 0 spiro atoms. The zero-order chi connectivity index (χ0) is 19.9. The maximum absolute atomic E-state index is 12.4. The van der Waals surface area contributed by atoms with E-state index in [4.69, 9.17) is 0 Å². The van der Waals surface area contributed by atoms with E-state index in [0.29, 0.717) is 18.4 Å². The molecule has 2 fully saturated rings. The Balaban J connectivity index is 1.10. The van der Waals surface area contributed by atoms with Crippen molar-refractivity contribution in [2.45, 2.75) is 51.2 Å². The van der Waals surface area contributed by atoms with Crippen LogP contribution >= 0.6 is 0 Å². The molecule has 1 atom stereocenters. The lowest BCUT2D eigenvalue weighted by atomic mass is 9.92. The van der Waals surface area contributed by atoms with Crippen molar-refractivity contribution < 1.29 is 4.79 Å². The van der Waals surface area contributed by atoms with Gasteiger partial charge in [0.05, 0.1) is 6.33 Å². The number of nitrogens with one attached hydrogen (secondary N) is 2. The first kappa shape index (κ1) is 20.1. The van der Waals surface area contributed by atoms with Crippen LogP contribution in [0.25, 0.3) is 0 Å². The lowest BCUT2D eigenvalue weighted by molar-refractivity contribution is -0.122. The van der Waals surface area contributed by atoms with Crippen LogP contribution in [-0.4, -0.2) is 57.9 Å². The Morgan fingerprint density at radius 2 is 1.86 bits per heavy atom. The molecule has 6 heteroatoms. The third kappa shape index (κ3) is 6.15. The Morgan fingerprint density at radius 1 is 1.07 bits per heavy atom. The van der Waals surface area contributed by atoms with Crippen LogP contribution in [0.1, 0.15) is 43.4 Å². The molecule has 0 saturated carbocycles. The van der Waals surface area contributed by atoms with Crippen molar-refractivity contribution in [3.63, 3.8) is 0 Å². The molecule has 2 N–H and O–H groups in total. The number of nitrogens with zero attached hydrogens (tertiary/aromatic N) is 3. The number of aromatic amines is 1. The molecular formula is C23H33N5O. The molecule has 0 radical (unpaired) electrons. The van der Waals surface area contributed by atoms with Crippen molar-refractivity contribution in [2.75, 3.05) is 26.2 Å². The van der Waals surface area contributed by atoms with Crippen molar-refractivity contribution >= 4 is 5.91 Å². The fraction of sp³-hybridized carbons (Fsp3) is 0.565. The first-order chi connectivity index (χ1) is 14.2. The number of rotatable bonds is 8. The summed E-state index contributed by atoms with van der Waals surface area (Å²) in [7, 11) is 0. The lowest BCUT2D eigenvalue weighted by Gasteiger charge is -2.31. The predicted octanol–water partition coefficient (Wildman–Crippen LogP) is 2.79. The second-order valence-corrected chi connectivity index (χ2v) is 8.61. The number of piperidine rings is 1. The van der Waals surface area contributed by atoms with Crippen LogP contribution in [0.5, 0.6) is 0 Å². The van der Waals surface area contributed by atoms with Crippen LogP contribution in [-0.2, 0) is 17.9 Å². The summed E-state index contributed by atoms with van der Waals surface area (Å²) in [6, 6.07) is 10.9. The summed E-state index contributed by atoms with van der Waals surface area (Å²) in [6.07, 6.45) is 8.77. The van der Waals surface area contributed by atoms with Gasteiger partial charge in [-0.05, 0) is 50.3 Å². The van der Waals surface area contributed by atoms with Crippen LogP contribution in [0.3, 0.4) is 0 Å². The van der Waals surface area contributed by atoms with Crippen molar-refractivity contribution in [2.24, 2.45) is 5.92 Å². The third-order valence-electron chi connectivity index (χ3n) is 6.32. The van der Waals surface area contributed by atoms with Crippen LogP contribution in [0.2, 0.25) is 0 Å². The van der Waals surface area contributed by atoms with Gasteiger partial charge in [0.25, 0.3) is 0 Å². The van der Waals surface area contributed by atoms with E-state index in [1.165, 1.54) is 24.1 Å². The van der Waals surface area contributed by atoms with Gasteiger partial charge in [-0.1, -0.05) is 30.3 Å². The fourth-order valence-corrected chi connectivity index (χ4v) is 4.62. The molecular weight excluding hydrogens is 362 g/mol.